The molecule has 0 saturated carbocycles. The highest BCUT2D eigenvalue weighted by molar-refractivity contribution is 7.89. The van der Waals surface area contributed by atoms with E-state index in [9.17, 15) is 13.2 Å². The van der Waals surface area contributed by atoms with Crippen molar-refractivity contribution >= 4 is 33.2 Å². The number of hydrogen-bond acceptors (Lipinski definition) is 5. The topological polar surface area (TPSA) is 93.7 Å². The Kier molecular flexibility index (Phi) is 6.98. The Balaban J connectivity index is 2.13. The predicted octanol–water partition coefficient (Wildman–Crippen LogP) is 2.53. The van der Waals surface area contributed by atoms with Crippen LogP contribution in [0.2, 0.25) is 5.02 Å². The largest absolute Gasteiger partial charge is 0.495 e. The molecule has 7 nitrogen and oxygen atoms in total. The Morgan fingerprint density at radius 1 is 1.12 bits per heavy atom. The molecule has 0 bridgehead atoms. The molecule has 0 aromatic heterocycles. The molecule has 0 fully saturated rings. The van der Waals surface area contributed by atoms with Crippen molar-refractivity contribution < 1.29 is 22.7 Å². The monoisotopic (exact) mass is 398 g/mol. The summed E-state index contributed by atoms with van der Waals surface area (Å²) in [7, 11) is -0.685. The molecule has 0 saturated heterocycles. The summed E-state index contributed by atoms with van der Waals surface area (Å²) >= 11 is 5.94. The molecule has 140 valence electrons. The van der Waals surface area contributed by atoms with Crippen molar-refractivity contribution in [3.63, 3.8) is 0 Å². The summed E-state index contributed by atoms with van der Waals surface area (Å²) in [6, 6.07) is 10.4. The highest BCUT2D eigenvalue weighted by atomic mass is 35.5. The van der Waals surface area contributed by atoms with Crippen molar-refractivity contribution in [2.45, 2.75) is 4.90 Å². The van der Waals surface area contributed by atoms with Gasteiger partial charge < -0.3 is 14.8 Å². The van der Waals surface area contributed by atoms with E-state index in [-0.39, 0.29) is 18.0 Å². The first kappa shape index (κ1) is 20.2. The van der Waals surface area contributed by atoms with E-state index in [0.717, 1.165) is 0 Å². The standard InChI is InChI=1S/C17H19ClN2O5S/c1-24-10-9-19-26(22,23)14-6-3-12(4-7-14)17(21)20-15-11-13(18)5-8-16(15)25-2/h3-8,11,19H,9-10H2,1-2H3,(H,20,21). The zero-order valence-electron chi connectivity index (χ0n) is 14.3. The fourth-order valence-electron chi connectivity index (χ4n) is 2.12. The van der Waals surface area contributed by atoms with Gasteiger partial charge in [-0.1, -0.05) is 11.6 Å². The van der Waals surface area contributed by atoms with Gasteiger partial charge in [-0.2, -0.15) is 0 Å². The van der Waals surface area contributed by atoms with E-state index in [2.05, 4.69) is 10.0 Å². The number of ether oxygens (including phenoxy) is 2. The van der Waals surface area contributed by atoms with Gasteiger partial charge in [-0.3, -0.25) is 4.79 Å². The van der Waals surface area contributed by atoms with E-state index < -0.39 is 15.9 Å². The predicted molar refractivity (Wildman–Crippen MR) is 99.5 cm³/mol. The van der Waals surface area contributed by atoms with E-state index in [1.807, 2.05) is 0 Å². The molecular weight excluding hydrogens is 380 g/mol. The molecule has 0 heterocycles. The van der Waals surface area contributed by atoms with Gasteiger partial charge in [0.15, 0.2) is 0 Å². The minimum absolute atomic E-state index is 0.0606. The van der Waals surface area contributed by atoms with Gasteiger partial charge in [-0.05, 0) is 42.5 Å². The Morgan fingerprint density at radius 2 is 1.81 bits per heavy atom. The van der Waals surface area contributed by atoms with Crippen LogP contribution in [0, 0.1) is 0 Å². The summed E-state index contributed by atoms with van der Waals surface area (Å²) in [5, 5.41) is 3.14. The number of carbonyl (C=O) groups is 1. The van der Waals surface area contributed by atoms with E-state index in [1.165, 1.54) is 38.5 Å². The van der Waals surface area contributed by atoms with Crippen molar-refractivity contribution in [2.24, 2.45) is 0 Å². The zero-order chi connectivity index (χ0) is 19.2. The molecule has 0 atom stereocenters. The van der Waals surface area contributed by atoms with Crippen LogP contribution in [-0.4, -0.2) is 41.7 Å². The van der Waals surface area contributed by atoms with E-state index in [4.69, 9.17) is 21.1 Å². The molecule has 26 heavy (non-hydrogen) atoms. The third-order valence-electron chi connectivity index (χ3n) is 3.43. The number of nitrogens with one attached hydrogen (secondary N) is 2. The second kappa shape index (κ2) is 9.00. The first-order valence-electron chi connectivity index (χ1n) is 7.61. The molecular formula is C17H19ClN2O5S. The fraction of sp³-hybridized carbons (Fsp3) is 0.235. The van der Waals surface area contributed by atoms with Gasteiger partial charge in [0.25, 0.3) is 5.91 Å². The minimum Gasteiger partial charge on any atom is -0.495 e. The fourth-order valence-corrected chi connectivity index (χ4v) is 3.30. The molecule has 0 aliphatic rings. The first-order chi connectivity index (χ1) is 12.4. The quantitative estimate of drug-likeness (QED) is 0.666. The maximum Gasteiger partial charge on any atom is 0.255 e. The van der Waals surface area contributed by atoms with Crippen molar-refractivity contribution in [2.75, 3.05) is 32.7 Å². The lowest BCUT2D eigenvalue weighted by atomic mass is 10.2. The van der Waals surface area contributed by atoms with Gasteiger partial charge in [0.2, 0.25) is 10.0 Å². The van der Waals surface area contributed by atoms with Crippen LogP contribution in [0.5, 0.6) is 5.75 Å². The summed E-state index contributed by atoms with van der Waals surface area (Å²) in [6.45, 7) is 0.427. The Morgan fingerprint density at radius 3 is 2.42 bits per heavy atom. The molecule has 2 aromatic rings. The lowest BCUT2D eigenvalue weighted by Crippen LogP contribution is -2.27. The van der Waals surface area contributed by atoms with E-state index >= 15 is 0 Å². The van der Waals surface area contributed by atoms with Gasteiger partial charge >= 0.3 is 0 Å². The molecule has 0 radical (unpaired) electrons. The second-order valence-electron chi connectivity index (χ2n) is 5.21. The van der Waals surface area contributed by atoms with Crippen molar-refractivity contribution in [1.82, 2.24) is 4.72 Å². The average molecular weight is 399 g/mol. The molecule has 2 rings (SSSR count). The van der Waals surface area contributed by atoms with Crippen LogP contribution in [0.25, 0.3) is 0 Å². The molecule has 0 aliphatic heterocycles. The number of sulfonamides is 1. The van der Waals surface area contributed by atoms with Crippen LogP contribution in [0.4, 0.5) is 5.69 Å². The van der Waals surface area contributed by atoms with Crippen LogP contribution in [0.3, 0.4) is 0 Å². The Labute approximate surface area is 157 Å². The SMILES string of the molecule is COCCNS(=O)(=O)c1ccc(C(=O)Nc2cc(Cl)ccc2OC)cc1. The number of methoxy groups -OCH3 is 2. The highest BCUT2D eigenvalue weighted by Gasteiger charge is 2.15. The van der Waals surface area contributed by atoms with Crippen LogP contribution >= 0.6 is 11.6 Å². The van der Waals surface area contributed by atoms with Crippen molar-refractivity contribution in [3.05, 3.63) is 53.1 Å². The molecule has 2 N–H and O–H groups in total. The Hall–Kier alpha value is -2.13. The van der Waals surface area contributed by atoms with Gasteiger partial charge in [-0.25, -0.2) is 13.1 Å². The van der Waals surface area contributed by atoms with Gasteiger partial charge in [0.1, 0.15) is 5.75 Å². The smallest absolute Gasteiger partial charge is 0.255 e. The first-order valence-corrected chi connectivity index (χ1v) is 9.47. The number of amides is 1. The van der Waals surface area contributed by atoms with Crippen LogP contribution in [0.15, 0.2) is 47.4 Å². The lowest BCUT2D eigenvalue weighted by Gasteiger charge is -2.11. The molecule has 0 unspecified atom stereocenters. The van der Waals surface area contributed by atoms with E-state index in [1.54, 1.807) is 18.2 Å². The molecule has 9 heteroatoms. The summed E-state index contributed by atoms with van der Waals surface area (Å²) in [5.41, 5.74) is 0.714. The van der Waals surface area contributed by atoms with Gasteiger partial charge in [0.05, 0.1) is 24.3 Å². The molecule has 1 amide bonds. The van der Waals surface area contributed by atoms with Crippen LogP contribution in [-0.2, 0) is 14.8 Å². The molecule has 0 aliphatic carbocycles. The third-order valence-corrected chi connectivity index (χ3v) is 5.15. The third kappa shape index (κ3) is 5.18. The molecule has 0 spiro atoms. The summed E-state index contributed by atoms with van der Waals surface area (Å²) < 4.78 is 36.6. The second-order valence-corrected chi connectivity index (χ2v) is 7.42. The minimum atomic E-state index is -3.65. The maximum atomic E-state index is 12.4. The van der Waals surface area contributed by atoms with Gasteiger partial charge in [-0.15, -0.1) is 0 Å². The number of hydrogen-bond donors (Lipinski definition) is 2. The summed E-state index contributed by atoms with van der Waals surface area (Å²) in [5.74, 6) is 0.0474. The van der Waals surface area contributed by atoms with Crippen LogP contribution in [0.1, 0.15) is 10.4 Å². The number of benzene rings is 2. The van der Waals surface area contributed by atoms with Crippen molar-refractivity contribution in [3.8, 4) is 5.75 Å². The van der Waals surface area contributed by atoms with Gasteiger partial charge in [0, 0.05) is 24.2 Å². The average Bonchev–Trinajstić information content (AvgIpc) is 2.62. The number of carbonyl (C=O) groups excluding carboxylic acids is 1. The number of anilines is 1. The lowest BCUT2D eigenvalue weighted by molar-refractivity contribution is 0.102. The summed E-state index contributed by atoms with van der Waals surface area (Å²) in [6.07, 6.45) is 0. The van der Waals surface area contributed by atoms with E-state index in [0.29, 0.717) is 22.0 Å². The zero-order valence-corrected chi connectivity index (χ0v) is 15.9. The highest BCUT2D eigenvalue weighted by Crippen LogP contribution is 2.28. The normalized spacial score (nSPS) is 11.2. The number of rotatable bonds is 8. The molecule has 2 aromatic carbocycles. The van der Waals surface area contributed by atoms with Crippen LogP contribution < -0.4 is 14.8 Å². The Bertz CT molecular complexity index is 869. The summed E-state index contributed by atoms with van der Waals surface area (Å²) in [4.78, 5) is 12.4. The van der Waals surface area contributed by atoms with Crippen molar-refractivity contribution in [1.29, 1.82) is 0 Å². The number of halogens is 1. The maximum absolute atomic E-state index is 12.4.